The molecule has 0 N–H and O–H groups in total. The Labute approximate surface area is 250 Å². The predicted octanol–water partition coefficient (Wildman–Crippen LogP) is 10.9. The van der Waals surface area contributed by atoms with Gasteiger partial charge in [-0.25, -0.2) is 4.98 Å². The molecule has 1 atom stereocenters. The van der Waals surface area contributed by atoms with E-state index in [1.54, 1.807) is 11.3 Å². The third-order valence-corrected chi connectivity index (χ3v) is 9.70. The van der Waals surface area contributed by atoms with Gasteiger partial charge in [-0.2, -0.15) is 0 Å². The summed E-state index contributed by atoms with van der Waals surface area (Å²) in [6, 6.07) is 48.4. The molecule has 1 aliphatic carbocycles. The lowest BCUT2D eigenvalue weighted by atomic mass is 9.87. The minimum atomic E-state index is 0.458. The number of thiophene rings is 1. The van der Waals surface area contributed by atoms with Crippen molar-refractivity contribution in [3.05, 3.63) is 156 Å². The molecule has 2 nitrogen and oxygen atoms in total. The van der Waals surface area contributed by atoms with Crippen LogP contribution >= 0.6 is 11.3 Å². The van der Waals surface area contributed by atoms with E-state index in [1.165, 1.54) is 43.3 Å². The molecule has 0 radical (unpaired) electrons. The van der Waals surface area contributed by atoms with Gasteiger partial charge in [-0.1, -0.05) is 84.9 Å². The molecular weight excluding hydrogens is 529 g/mol. The second kappa shape index (κ2) is 10.6. The van der Waals surface area contributed by atoms with Gasteiger partial charge in [0.05, 0.1) is 0 Å². The standard InChI is InChI=1S/C39H30N2S/c1-3-12-30(13-4-1)41(31-14-5-2-6-15-31)32-21-22-38-36(25-32)37-24-27(26-40-39(37)42-38)23-29-20-19-28-11-7-8-16-33(28)35-18-10-9-17-34(29)35/h1-18,21-22,24-26,29H,19-20,23H2. The van der Waals surface area contributed by atoms with E-state index in [2.05, 4.69) is 145 Å². The minimum Gasteiger partial charge on any atom is -0.310 e. The summed E-state index contributed by atoms with van der Waals surface area (Å²) in [6.45, 7) is 0. The molecule has 0 fully saturated rings. The second-order valence-electron chi connectivity index (χ2n) is 11.2. The largest absolute Gasteiger partial charge is 0.310 e. The van der Waals surface area contributed by atoms with Crippen LogP contribution < -0.4 is 4.90 Å². The third-order valence-electron chi connectivity index (χ3n) is 8.61. The molecule has 0 bridgehead atoms. The number of pyridine rings is 1. The fraction of sp³-hybridized carbons (Fsp3) is 0.103. The van der Waals surface area contributed by atoms with Crippen molar-refractivity contribution in [2.75, 3.05) is 4.90 Å². The number of benzene rings is 5. The van der Waals surface area contributed by atoms with E-state index in [9.17, 15) is 0 Å². The molecule has 0 spiro atoms. The molecule has 5 aromatic carbocycles. The number of para-hydroxylation sites is 2. The fourth-order valence-electron chi connectivity index (χ4n) is 6.62. The minimum absolute atomic E-state index is 0.458. The topological polar surface area (TPSA) is 16.1 Å². The van der Waals surface area contributed by atoms with Crippen LogP contribution in [0, 0.1) is 0 Å². The van der Waals surface area contributed by atoms with Crippen molar-refractivity contribution < 1.29 is 0 Å². The van der Waals surface area contributed by atoms with Crippen molar-refractivity contribution in [2.24, 2.45) is 0 Å². The van der Waals surface area contributed by atoms with E-state index in [0.29, 0.717) is 5.92 Å². The van der Waals surface area contributed by atoms with Gasteiger partial charge in [0.25, 0.3) is 0 Å². The molecule has 7 aromatic rings. The summed E-state index contributed by atoms with van der Waals surface area (Å²) in [6.07, 6.45) is 5.35. The Hall–Kier alpha value is -4.73. The normalized spacial score (nSPS) is 14.3. The Bertz CT molecular complexity index is 1990. The molecule has 2 heterocycles. The fourth-order valence-corrected chi connectivity index (χ4v) is 7.63. The van der Waals surface area contributed by atoms with E-state index in [1.807, 2.05) is 0 Å². The summed E-state index contributed by atoms with van der Waals surface area (Å²) in [5.74, 6) is 0.458. The third kappa shape index (κ3) is 4.47. The van der Waals surface area contributed by atoms with Crippen molar-refractivity contribution in [3.63, 3.8) is 0 Å². The predicted molar refractivity (Wildman–Crippen MR) is 178 cm³/mol. The first-order chi connectivity index (χ1) is 20.8. The number of hydrogen-bond acceptors (Lipinski definition) is 3. The van der Waals surface area contributed by atoms with Crippen LogP contribution in [0.1, 0.15) is 29.0 Å². The second-order valence-corrected chi connectivity index (χ2v) is 12.2. The Morgan fingerprint density at radius 2 is 1.33 bits per heavy atom. The molecular formula is C39H30N2S. The summed E-state index contributed by atoms with van der Waals surface area (Å²) < 4.78 is 1.27. The zero-order valence-corrected chi connectivity index (χ0v) is 24.1. The highest BCUT2D eigenvalue weighted by atomic mass is 32.1. The molecule has 0 saturated heterocycles. The number of aromatic nitrogens is 1. The van der Waals surface area contributed by atoms with Crippen molar-refractivity contribution in [1.82, 2.24) is 4.98 Å². The summed E-state index contributed by atoms with van der Waals surface area (Å²) in [5.41, 5.74) is 10.4. The average molecular weight is 559 g/mol. The highest BCUT2D eigenvalue weighted by Gasteiger charge is 2.23. The van der Waals surface area contributed by atoms with Gasteiger partial charge in [-0.15, -0.1) is 11.3 Å². The number of rotatable bonds is 5. The Kier molecular flexibility index (Phi) is 6.31. The number of fused-ring (bicyclic) bond motifs is 6. The van der Waals surface area contributed by atoms with Crippen LogP contribution in [0.4, 0.5) is 17.1 Å². The van der Waals surface area contributed by atoms with Gasteiger partial charge in [0.15, 0.2) is 0 Å². The van der Waals surface area contributed by atoms with Gasteiger partial charge in [0.2, 0.25) is 0 Å². The Morgan fingerprint density at radius 1 is 0.643 bits per heavy atom. The smallest absolute Gasteiger partial charge is 0.124 e. The number of nitrogens with zero attached hydrogens (tertiary/aromatic N) is 2. The average Bonchev–Trinajstić information content (AvgIpc) is 3.33. The van der Waals surface area contributed by atoms with Crippen molar-refractivity contribution in [2.45, 2.75) is 25.2 Å². The number of hydrogen-bond donors (Lipinski definition) is 0. The first-order valence-corrected chi connectivity index (χ1v) is 15.5. The van der Waals surface area contributed by atoms with E-state index < -0.39 is 0 Å². The number of anilines is 3. The van der Waals surface area contributed by atoms with Gasteiger partial charge < -0.3 is 4.90 Å². The van der Waals surface area contributed by atoms with Crippen LogP contribution in [-0.4, -0.2) is 4.98 Å². The molecule has 0 amide bonds. The molecule has 1 aliphatic rings. The monoisotopic (exact) mass is 558 g/mol. The van der Waals surface area contributed by atoms with Gasteiger partial charge in [-0.3, -0.25) is 0 Å². The van der Waals surface area contributed by atoms with E-state index >= 15 is 0 Å². The molecule has 202 valence electrons. The van der Waals surface area contributed by atoms with Crippen LogP contribution in [-0.2, 0) is 12.8 Å². The van der Waals surface area contributed by atoms with Crippen LogP contribution in [0.25, 0.3) is 31.4 Å². The summed E-state index contributed by atoms with van der Waals surface area (Å²) >= 11 is 1.78. The zero-order valence-electron chi connectivity index (χ0n) is 23.3. The van der Waals surface area contributed by atoms with E-state index in [0.717, 1.165) is 41.2 Å². The number of aryl methyl sites for hydroxylation is 1. The lowest BCUT2D eigenvalue weighted by Gasteiger charge is -2.25. The molecule has 0 saturated carbocycles. The lowest BCUT2D eigenvalue weighted by Crippen LogP contribution is -2.09. The van der Waals surface area contributed by atoms with Crippen LogP contribution in [0.15, 0.2) is 140 Å². The van der Waals surface area contributed by atoms with Gasteiger partial charge in [0, 0.05) is 38.7 Å². The van der Waals surface area contributed by atoms with Gasteiger partial charge >= 0.3 is 0 Å². The van der Waals surface area contributed by atoms with Gasteiger partial charge in [-0.05, 0) is 102 Å². The van der Waals surface area contributed by atoms with Crippen LogP contribution in [0.2, 0.25) is 0 Å². The lowest BCUT2D eigenvalue weighted by molar-refractivity contribution is 0.628. The zero-order chi connectivity index (χ0) is 27.9. The molecule has 8 rings (SSSR count). The first kappa shape index (κ1) is 25.0. The van der Waals surface area contributed by atoms with Crippen molar-refractivity contribution in [3.8, 4) is 11.1 Å². The van der Waals surface area contributed by atoms with E-state index in [-0.39, 0.29) is 0 Å². The molecule has 1 unspecified atom stereocenters. The maximum atomic E-state index is 5.00. The van der Waals surface area contributed by atoms with Crippen LogP contribution in [0.3, 0.4) is 0 Å². The molecule has 3 heteroatoms. The van der Waals surface area contributed by atoms with Crippen molar-refractivity contribution in [1.29, 1.82) is 0 Å². The Morgan fingerprint density at radius 3 is 2.12 bits per heavy atom. The van der Waals surface area contributed by atoms with Crippen molar-refractivity contribution >= 4 is 48.7 Å². The maximum absolute atomic E-state index is 5.00. The van der Waals surface area contributed by atoms with Gasteiger partial charge in [0.1, 0.15) is 4.83 Å². The van der Waals surface area contributed by atoms with E-state index in [4.69, 9.17) is 4.98 Å². The highest BCUT2D eigenvalue weighted by molar-refractivity contribution is 7.25. The Balaban J connectivity index is 1.19. The summed E-state index contributed by atoms with van der Waals surface area (Å²) in [5, 5.41) is 2.52. The maximum Gasteiger partial charge on any atom is 0.124 e. The first-order valence-electron chi connectivity index (χ1n) is 14.7. The summed E-state index contributed by atoms with van der Waals surface area (Å²) in [7, 11) is 0. The van der Waals surface area contributed by atoms with Crippen LogP contribution in [0.5, 0.6) is 0 Å². The molecule has 42 heavy (non-hydrogen) atoms. The summed E-state index contributed by atoms with van der Waals surface area (Å²) in [4.78, 5) is 8.43. The molecule has 2 aromatic heterocycles. The quantitative estimate of drug-likeness (QED) is 0.209. The highest BCUT2D eigenvalue weighted by Crippen LogP contribution is 2.42. The molecule has 0 aliphatic heterocycles. The SMILES string of the molecule is c1ccc(N(c2ccccc2)c2ccc3sc4ncc(CC5CCc6ccccc6-c6ccccc65)cc4c3c2)cc1.